The van der Waals surface area contributed by atoms with Crippen LogP contribution in [0.4, 0.5) is 0 Å². The first-order valence-electron chi connectivity index (χ1n) is 12.0. The third-order valence-electron chi connectivity index (χ3n) is 7.70. The molecule has 4 heterocycles. The fraction of sp³-hybridized carbons (Fsp3) is 0.133. The fourth-order valence-corrected chi connectivity index (χ4v) is 6.28. The lowest BCUT2D eigenvalue weighted by Crippen LogP contribution is -2.16. The molecule has 6 nitrogen and oxygen atoms in total. The van der Waals surface area contributed by atoms with Crippen molar-refractivity contribution in [2.45, 2.75) is 27.7 Å². The van der Waals surface area contributed by atoms with Crippen molar-refractivity contribution >= 4 is 65.7 Å². The van der Waals surface area contributed by atoms with Crippen LogP contribution in [-0.2, 0) is 0 Å². The molecule has 0 spiro atoms. The summed E-state index contributed by atoms with van der Waals surface area (Å²) in [7, 11) is 0. The summed E-state index contributed by atoms with van der Waals surface area (Å²) in [6, 6.07) is 15.8. The lowest BCUT2D eigenvalue weighted by molar-refractivity contribution is 1.18. The Labute approximate surface area is 203 Å². The molecule has 0 unspecified atom stereocenters. The molecule has 0 aliphatic rings. The molecule has 0 amide bonds. The molecular formula is C30H20N4O2. The minimum atomic E-state index is -0.119. The van der Waals surface area contributed by atoms with Gasteiger partial charge >= 0.3 is 0 Å². The summed E-state index contributed by atoms with van der Waals surface area (Å²) in [5, 5.41) is 4.46. The standard InChI is InChI=1S/C30H20N4O2/c1-13-9-15(3)25-21(11-13)33-27(31-25)17-5-8-20-24-18(6-7-19(23(17)24)29(33)35)28-32-26-16(4)10-14(2)12-22(26)34(28)30(20)36/h5-12H,1-4H3. The minimum Gasteiger partial charge on any atom is -0.268 e. The number of aryl methyl sites for hydroxylation is 4. The van der Waals surface area contributed by atoms with Gasteiger partial charge in [-0.2, -0.15) is 0 Å². The van der Waals surface area contributed by atoms with Gasteiger partial charge in [0.25, 0.3) is 11.1 Å². The average Bonchev–Trinajstić information content (AvgIpc) is 3.41. The summed E-state index contributed by atoms with van der Waals surface area (Å²) >= 11 is 0. The molecule has 0 aliphatic heterocycles. The quantitative estimate of drug-likeness (QED) is 0.273. The number of hydrogen-bond donors (Lipinski definition) is 0. The molecule has 0 aliphatic carbocycles. The average molecular weight is 469 g/mol. The summed E-state index contributed by atoms with van der Waals surface area (Å²) in [6.07, 6.45) is 0. The Morgan fingerprint density at radius 2 is 0.944 bits per heavy atom. The number of pyridine rings is 2. The summed E-state index contributed by atoms with van der Waals surface area (Å²) < 4.78 is 3.45. The van der Waals surface area contributed by atoms with Crippen LogP contribution in [0, 0.1) is 27.7 Å². The van der Waals surface area contributed by atoms with Gasteiger partial charge in [0.1, 0.15) is 11.3 Å². The van der Waals surface area contributed by atoms with E-state index < -0.39 is 0 Å². The zero-order chi connectivity index (χ0) is 24.6. The lowest BCUT2D eigenvalue weighted by Gasteiger charge is -2.12. The van der Waals surface area contributed by atoms with Crippen LogP contribution in [0.2, 0.25) is 0 Å². The van der Waals surface area contributed by atoms with Crippen molar-refractivity contribution in [2.24, 2.45) is 0 Å². The molecule has 172 valence electrons. The topological polar surface area (TPSA) is 68.7 Å². The molecule has 0 bridgehead atoms. The first-order valence-corrected chi connectivity index (χ1v) is 12.0. The number of imidazole rings is 2. The molecule has 4 aromatic carbocycles. The van der Waals surface area contributed by atoms with Gasteiger partial charge in [-0.05, 0) is 86.3 Å². The molecule has 36 heavy (non-hydrogen) atoms. The SMILES string of the molecule is Cc1cc(C)c2nc3c4ccc5c(=O)n6c7cc(C)cc(C)c7nc6c6ccc(c(=O)n3c2c1)c4c56. The molecular weight excluding hydrogens is 448 g/mol. The van der Waals surface area contributed by atoms with E-state index in [-0.39, 0.29) is 11.1 Å². The second-order valence-electron chi connectivity index (χ2n) is 10.1. The fourth-order valence-electron chi connectivity index (χ4n) is 6.28. The van der Waals surface area contributed by atoms with Gasteiger partial charge in [-0.15, -0.1) is 0 Å². The number of benzene rings is 4. The van der Waals surface area contributed by atoms with Crippen molar-refractivity contribution in [2.75, 3.05) is 0 Å². The van der Waals surface area contributed by atoms with E-state index in [0.717, 1.165) is 65.9 Å². The van der Waals surface area contributed by atoms with Crippen molar-refractivity contribution in [1.29, 1.82) is 0 Å². The van der Waals surface area contributed by atoms with Gasteiger partial charge in [0.2, 0.25) is 0 Å². The Bertz CT molecular complexity index is 2230. The zero-order valence-electron chi connectivity index (χ0n) is 20.2. The third kappa shape index (κ3) is 2.14. The van der Waals surface area contributed by atoms with Gasteiger partial charge in [0.05, 0.1) is 22.1 Å². The van der Waals surface area contributed by atoms with E-state index in [2.05, 4.69) is 12.1 Å². The molecule has 0 fully saturated rings. The highest BCUT2D eigenvalue weighted by Gasteiger charge is 2.23. The smallest absolute Gasteiger partial charge is 0.264 e. The van der Waals surface area contributed by atoms with E-state index >= 15 is 0 Å². The number of fused-ring (bicyclic) bond motifs is 8. The van der Waals surface area contributed by atoms with Crippen molar-refractivity contribution in [1.82, 2.24) is 18.8 Å². The van der Waals surface area contributed by atoms with Crippen LogP contribution < -0.4 is 11.1 Å². The van der Waals surface area contributed by atoms with Gasteiger partial charge in [-0.25, -0.2) is 9.97 Å². The maximum Gasteiger partial charge on any atom is 0.264 e. The molecule has 0 atom stereocenters. The Kier molecular flexibility index (Phi) is 3.37. The highest BCUT2D eigenvalue weighted by molar-refractivity contribution is 6.27. The summed E-state index contributed by atoms with van der Waals surface area (Å²) in [6.45, 7) is 8.10. The number of nitrogens with zero attached hydrogens (tertiary/aromatic N) is 4. The highest BCUT2D eigenvalue weighted by Crippen LogP contribution is 2.37. The van der Waals surface area contributed by atoms with Crippen LogP contribution in [0.3, 0.4) is 0 Å². The predicted octanol–water partition coefficient (Wildman–Crippen LogP) is 5.58. The van der Waals surface area contributed by atoms with E-state index in [0.29, 0.717) is 22.1 Å². The molecule has 8 rings (SSSR count). The maximum absolute atomic E-state index is 13.9. The van der Waals surface area contributed by atoms with E-state index in [9.17, 15) is 9.59 Å². The third-order valence-corrected chi connectivity index (χ3v) is 7.70. The minimum absolute atomic E-state index is 0.119. The van der Waals surface area contributed by atoms with Crippen molar-refractivity contribution in [3.63, 3.8) is 0 Å². The van der Waals surface area contributed by atoms with Gasteiger partial charge in [-0.1, -0.05) is 12.1 Å². The van der Waals surface area contributed by atoms with Crippen LogP contribution in [0.15, 0.2) is 58.1 Å². The molecule has 0 radical (unpaired) electrons. The summed E-state index contributed by atoms with van der Waals surface area (Å²) in [4.78, 5) is 37.6. The highest BCUT2D eigenvalue weighted by atomic mass is 16.1. The Hall–Kier alpha value is -4.58. The maximum atomic E-state index is 13.9. The van der Waals surface area contributed by atoms with Gasteiger partial charge in [0.15, 0.2) is 0 Å². The summed E-state index contributed by atoms with van der Waals surface area (Å²) in [5.41, 5.74) is 8.53. The van der Waals surface area contributed by atoms with Crippen molar-refractivity contribution in [3.05, 3.63) is 91.5 Å². The number of hydrogen-bond acceptors (Lipinski definition) is 4. The van der Waals surface area contributed by atoms with Gasteiger partial charge in [0, 0.05) is 32.3 Å². The predicted molar refractivity (Wildman–Crippen MR) is 145 cm³/mol. The van der Waals surface area contributed by atoms with Crippen molar-refractivity contribution in [3.8, 4) is 0 Å². The van der Waals surface area contributed by atoms with E-state index in [1.807, 2.05) is 64.1 Å². The molecule has 0 saturated carbocycles. The van der Waals surface area contributed by atoms with Gasteiger partial charge < -0.3 is 0 Å². The van der Waals surface area contributed by atoms with Crippen LogP contribution in [0.5, 0.6) is 0 Å². The first-order chi connectivity index (χ1) is 17.3. The number of aromatic nitrogens is 4. The molecule has 0 N–H and O–H groups in total. The second-order valence-corrected chi connectivity index (χ2v) is 10.1. The Morgan fingerprint density at radius 3 is 1.36 bits per heavy atom. The zero-order valence-corrected chi connectivity index (χ0v) is 20.2. The molecule has 8 aromatic rings. The van der Waals surface area contributed by atoms with E-state index in [4.69, 9.17) is 9.97 Å². The number of rotatable bonds is 0. The van der Waals surface area contributed by atoms with Crippen LogP contribution >= 0.6 is 0 Å². The Morgan fingerprint density at radius 1 is 0.556 bits per heavy atom. The van der Waals surface area contributed by atoms with Crippen LogP contribution in [0.1, 0.15) is 22.3 Å². The lowest BCUT2D eigenvalue weighted by atomic mass is 9.96. The Balaban J connectivity index is 1.68. The molecule has 6 heteroatoms. The molecule has 0 saturated heterocycles. The van der Waals surface area contributed by atoms with Crippen molar-refractivity contribution < 1.29 is 0 Å². The molecule has 4 aromatic heterocycles. The monoisotopic (exact) mass is 468 g/mol. The van der Waals surface area contributed by atoms with Crippen LogP contribution in [0.25, 0.3) is 65.7 Å². The first kappa shape index (κ1) is 19.7. The van der Waals surface area contributed by atoms with Crippen LogP contribution in [-0.4, -0.2) is 18.8 Å². The summed E-state index contributed by atoms with van der Waals surface area (Å²) in [5.74, 6) is 0. The van der Waals surface area contributed by atoms with E-state index in [1.54, 1.807) is 8.80 Å². The second kappa shape index (κ2) is 6.15. The normalized spacial score (nSPS) is 12.7. The largest absolute Gasteiger partial charge is 0.268 e. The van der Waals surface area contributed by atoms with Gasteiger partial charge in [-0.3, -0.25) is 18.4 Å². The van der Waals surface area contributed by atoms with E-state index in [1.165, 1.54) is 0 Å².